The molecule has 0 aliphatic carbocycles. The molecule has 0 bridgehead atoms. The first-order valence-corrected chi connectivity index (χ1v) is 8.73. The number of para-hydroxylation sites is 2. The second kappa shape index (κ2) is 7.37. The van der Waals surface area contributed by atoms with Crippen LogP contribution in [-0.4, -0.2) is 9.78 Å². The summed E-state index contributed by atoms with van der Waals surface area (Å²) in [7, 11) is 0. The van der Waals surface area contributed by atoms with Crippen LogP contribution >= 0.6 is 12.2 Å². The minimum absolute atomic E-state index is 0.348. The van der Waals surface area contributed by atoms with Gasteiger partial charge in [-0.2, -0.15) is 4.68 Å². The summed E-state index contributed by atoms with van der Waals surface area (Å²) in [6.45, 7) is 0.462. The lowest BCUT2D eigenvalue weighted by Crippen LogP contribution is -2.22. The Kier molecular flexibility index (Phi) is 4.62. The van der Waals surface area contributed by atoms with Crippen molar-refractivity contribution in [2.45, 2.75) is 6.67 Å². The van der Waals surface area contributed by atoms with E-state index in [0.29, 0.717) is 17.4 Å². The van der Waals surface area contributed by atoms with Crippen LogP contribution in [0.2, 0.25) is 0 Å². The lowest BCUT2D eigenvalue weighted by atomic mass is 10.2. The van der Waals surface area contributed by atoms with E-state index in [1.807, 2.05) is 66.7 Å². The first-order valence-electron chi connectivity index (χ1n) is 8.32. The van der Waals surface area contributed by atoms with Crippen molar-refractivity contribution in [1.82, 2.24) is 9.78 Å². The highest BCUT2D eigenvalue weighted by molar-refractivity contribution is 7.71. The van der Waals surface area contributed by atoms with E-state index in [1.54, 1.807) is 4.68 Å². The van der Waals surface area contributed by atoms with Gasteiger partial charge in [0.25, 0.3) is 4.84 Å². The molecule has 1 heterocycles. The average Bonchev–Trinajstić information content (AvgIpc) is 3.08. The van der Waals surface area contributed by atoms with Gasteiger partial charge in [-0.15, -0.1) is 5.10 Å². The maximum absolute atomic E-state index is 5.71. The third-order valence-corrected chi connectivity index (χ3v) is 4.33. The summed E-state index contributed by atoms with van der Waals surface area (Å²) in [5, 5.41) is 4.58. The topological polar surface area (TPSA) is 34.2 Å². The highest BCUT2D eigenvalue weighted by Crippen LogP contribution is 2.26. The largest absolute Gasteiger partial charge is 0.409 e. The van der Waals surface area contributed by atoms with E-state index in [4.69, 9.17) is 16.6 Å². The van der Waals surface area contributed by atoms with E-state index in [0.717, 1.165) is 16.9 Å². The Morgan fingerprint density at radius 3 is 1.81 bits per heavy atom. The molecule has 5 heteroatoms. The fourth-order valence-electron chi connectivity index (χ4n) is 2.76. The minimum atomic E-state index is 0.348. The smallest absolute Gasteiger partial charge is 0.289 e. The maximum Gasteiger partial charge on any atom is 0.289 e. The van der Waals surface area contributed by atoms with E-state index in [-0.39, 0.29) is 0 Å². The molecule has 4 aromatic rings. The summed E-state index contributed by atoms with van der Waals surface area (Å²) in [5.74, 6) is 0.525. The highest BCUT2D eigenvalue weighted by Gasteiger charge is 2.14. The van der Waals surface area contributed by atoms with Crippen LogP contribution in [0.5, 0.6) is 0 Å². The fraction of sp³-hybridized carbons (Fsp3) is 0.0476. The molecular formula is C21H17N3OS. The fourth-order valence-corrected chi connectivity index (χ4v) is 2.93. The van der Waals surface area contributed by atoms with E-state index in [2.05, 4.69) is 34.3 Å². The monoisotopic (exact) mass is 359 g/mol. The zero-order valence-corrected chi connectivity index (χ0v) is 14.8. The van der Waals surface area contributed by atoms with Crippen LogP contribution in [0.25, 0.3) is 11.5 Å². The van der Waals surface area contributed by atoms with Gasteiger partial charge in [-0.05, 0) is 48.6 Å². The van der Waals surface area contributed by atoms with Crippen molar-refractivity contribution in [1.29, 1.82) is 0 Å². The number of nitrogens with zero attached hydrogens (tertiary/aromatic N) is 3. The molecule has 0 N–H and O–H groups in total. The normalized spacial score (nSPS) is 10.6. The van der Waals surface area contributed by atoms with Crippen molar-refractivity contribution in [2.75, 3.05) is 4.90 Å². The molecule has 0 saturated carbocycles. The van der Waals surface area contributed by atoms with Crippen molar-refractivity contribution in [2.24, 2.45) is 0 Å². The van der Waals surface area contributed by atoms with Crippen molar-refractivity contribution >= 4 is 23.6 Å². The Labute approximate surface area is 156 Å². The van der Waals surface area contributed by atoms with Gasteiger partial charge < -0.3 is 9.32 Å². The summed E-state index contributed by atoms with van der Waals surface area (Å²) < 4.78 is 7.42. The summed E-state index contributed by atoms with van der Waals surface area (Å²) in [6, 6.07) is 30.1. The predicted octanol–water partition coefficient (Wildman–Crippen LogP) is 5.67. The summed E-state index contributed by atoms with van der Waals surface area (Å²) in [6.07, 6.45) is 0. The first-order chi connectivity index (χ1) is 12.8. The molecule has 128 valence electrons. The van der Waals surface area contributed by atoms with Crippen LogP contribution in [0.1, 0.15) is 0 Å². The summed E-state index contributed by atoms with van der Waals surface area (Å²) in [4.78, 5) is 2.49. The standard InChI is InChI=1S/C21H17N3OS/c26-21-24(22-20(25-21)17-10-4-1-5-11-17)16-23(18-12-6-2-7-13-18)19-14-8-3-9-15-19/h1-15H,16H2. The lowest BCUT2D eigenvalue weighted by Gasteiger charge is -2.24. The number of hydrogen-bond acceptors (Lipinski definition) is 4. The van der Waals surface area contributed by atoms with Gasteiger partial charge >= 0.3 is 0 Å². The second-order valence-electron chi connectivity index (χ2n) is 5.78. The molecule has 4 nitrogen and oxygen atoms in total. The number of rotatable bonds is 5. The third kappa shape index (κ3) is 3.43. The van der Waals surface area contributed by atoms with Crippen molar-refractivity contribution < 1.29 is 4.42 Å². The zero-order valence-electron chi connectivity index (χ0n) is 14.0. The summed E-state index contributed by atoms with van der Waals surface area (Å²) in [5.41, 5.74) is 3.03. The number of benzene rings is 3. The highest BCUT2D eigenvalue weighted by atomic mass is 32.1. The van der Waals surface area contributed by atoms with Gasteiger partial charge in [0, 0.05) is 16.9 Å². The second-order valence-corrected chi connectivity index (χ2v) is 6.13. The van der Waals surface area contributed by atoms with Crippen LogP contribution < -0.4 is 4.90 Å². The molecule has 0 atom stereocenters. The van der Waals surface area contributed by atoms with E-state index >= 15 is 0 Å². The number of hydrogen-bond donors (Lipinski definition) is 0. The third-order valence-electron chi connectivity index (χ3n) is 4.04. The Balaban J connectivity index is 1.71. The quantitative estimate of drug-likeness (QED) is 0.430. The molecular weight excluding hydrogens is 342 g/mol. The van der Waals surface area contributed by atoms with Gasteiger partial charge in [-0.25, -0.2) is 0 Å². The Morgan fingerprint density at radius 1 is 0.769 bits per heavy atom. The van der Waals surface area contributed by atoms with Gasteiger partial charge in [-0.1, -0.05) is 54.6 Å². The molecule has 3 aromatic carbocycles. The SMILES string of the molecule is S=c1oc(-c2ccccc2)nn1CN(c1ccccc1)c1ccccc1. The van der Waals surface area contributed by atoms with Crippen LogP contribution in [0.4, 0.5) is 11.4 Å². The van der Waals surface area contributed by atoms with Crippen LogP contribution in [0.15, 0.2) is 95.4 Å². The average molecular weight is 359 g/mol. The minimum Gasteiger partial charge on any atom is -0.409 e. The number of anilines is 2. The van der Waals surface area contributed by atoms with Gasteiger partial charge in [0.05, 0.1) is 0 Å². The van der Waals surface area contributed by atoms with Gasteiger partial charge in [-0.3, -0.25) is 0 Å². The molecule has 26 heavy (non-hydrogen) atoms. The Morgan fingerprint density at radius 2 is 1.27 bits per heavy atom. The maximum atomic E-state index is 5.71. The summed E-state index contributed by atoms with van der Waals surface area (Å²) >= 11 is 5.40. The van der Waals surface area contributed by atoms with Crippen molar-refractivity contribution in [3.8, 4) is 11.5 Å². The van der Waals surface area contributed by atoms with Crippen LogP contribution in [0, 0.1) is 4.84 Å². The van der Waals surface area contributed by atoms with Gasteiger partial charge in [0.1, 0.15) is 6.67 Å². The van der Waals surface area contributed by atoms with Gasteiger partial charge in [0.2, 0.25) is 5.89 Å². The molecule has 0 spiro atoms. The molecule has 0 amide bonds. The van der Waals surface area contributed by atoms with Crippen molar-refractivity contribution in [3.05, 3.63) is 95.8 Å². The van der Waals surface area contributed by atoms with Crippen LogP contribution in [0.3, 0.4) is 0 Å². The molecule has 0 unspecified atom stereocenters. The molecule has 0 aliphatic rings. The van der Waals surface area contributed by atoms with Crippen LogP contribution in [-0.2, 0) is 6.67 Å². The van der Waals surface area contributed by atoms with E-state index in [1.165, 1.54) is 0 Å². The Bertz CT molecular complexity index is 988. The zero-order chi connectivity index (χ0) is 17.8. The van der Waals surface area contributed by atoms with E-state index < -0.39 is 0 Å². The molecule has 0 radical (unpaired) electrons. The van der Waals surface area contributed by atoms with Gasteiger partial charge in [0.15, 0.2) is 0 Å². The molecule has 0 saturated heterocycles. The lowest BCUT2D eigenvalue weighted by molar-refractivity contribution is 0.513. The van der Waals surface area contributed by atoms with Crippen molar-refractivity contribution in [3.63, 3.8) is 0 Å². The first kappa shape index (κ1) is 16.3. The molecule has 0 fully saturated rings. The predicted molar refractivity (Wildman–Crippen MR) is 106 cm³/mol. The van der Waals surface area contributed by atoms with E-state index in [9.17, 15) is 0 Å². The molecule has 1 aromatic heterocycles. The molecule has 0 aliphatic heterocycles. The Hall–Kier alpha value is -3.18. The molecule has 4 rings (SSSR count). The number of aromatic nitrogens is 2.